The smallest absolute Gasteiger partial charge is 0.369 e. The van der Waals surface area contributed by atoms with Gasteiger partial charge in [-0.15, -0.1) is 26.4 Å². The predicted molar refractivity (Wildman–Crippen MR) is 131 cm³/mol. The summed E-state index contributed by atoms with van der Waals surface area (Å²) in [6.45, 7) is 1.58. The van der Waals surface area contributed by atoms with Gasteiger partial charge < -0.3 is 11.1 Å². The molecule has 3 rings (SSSR count). The SMILES string of the molecule is Cc1cc(S(=O)(=O)/N=C(/N)Nc2nnc(S(N)(=O)=O)s2)c(SCc2ccc(C(F)(F)F)cc2)cc1Cl. The number of aryl methyl sites for hydroxylation is 1. The maximum Gasteiger partial charge on any atom is 0.416 e. The molecule has 0 amide bonds. The molecule has 0 saturated heterocycles. The van der Waals surface area contributed by atoms with E-state index >= 15 is 0 Å². The van der Waals surface area contributed by atoms with Gasteiger partial charge in [0.05, 0.1) is 5.56 Å². The maximum atomic E-state index is 13.0. The van der Waals surface area contributed by atoms with E-state index in [-0.39, 0.29) is 25.7 Å². The predicted octanol–water partition coefficient (Wildman–Crippen LogP) is 3.57. The van der Waals surface area contributed by atoms with Crippen LogP contribution < -0.4 is 16.2 Å². The number of nitrogens with two attached hydrogens (primary N) is 2. The molecule has 0 spiro atoms. The zero-order valence-corrected chi connectivity index (χ0v) is 22.0. The minimum atomic E-state index is -4.47. The molecule has 0 aliphatic heterocycles. The number of thioether (sulfide) groups is 1. The molecule has 0 aliphatic carbocycles. The van der Waals surface area contributed by atoms with E-state index in [1.54, 1.807) is 6.92 Å². The van der Waals surface area contributed by atoms with Gasteiger partial charge in [0, 0.05) is 15.7 Å². The van der Waals surface area contributed by atoms with E-state index in [2.05, 4.69) is 19.9 Å². The van der Waals surface area contributed by atoms with Gasteiger partial charge in [0.15, 0.2) is 0 Å². The molecule has 5 N–H and O–H groups in total. The van der Waals surface area contributed by atoms with E-state index in [4.69, 9.17) is 22.5 Å². The van der Waals surface area contributed by atoms with Gasteiger partial charge in [0.25, 0.3) is 20.0 Å². The second kappa shape index (κ2) is 10.5. The minimum absolute atomic E-state index is 0.138. The molecule has 0 radical (unpaired) electrons. The molecule has 0 fully saturated rings. The number of anilines is 1. The Bertz CT molecular complexity index is 1530. The van der Waals surface area contributed by atoms with E-state index in [1.807, 2.05) is 0 Å². The van der Waals surface area contributed by atoms with E-state index < -0.39 is 42.1 Å². The number of primary sulfonamides is 1. The highest BCUT2D eigenvalue weighted by molar-refractivity contribution is 7.99. The monoisotopic (exact) mass is 600 g/mol. The second-order valence-electron chi connectivity index (χ2n) is 7.03. The summed E-state index contributed by atoms with van der Waals surface area (Å²) >= 11 is 7.70. The number of rotatable bonds is 7. The molecule has 0 aliphatic rings. The summed E-state index contributed by atoms with van der Waals surface area (Å²) in [6.07, 6.45) is -4.47. The van der Waals surface area contributed by atoms with Crippen molar-refractivity contribution in [2.45, 2.75) is 33.0 Å². The molecule has 1 heterocycles. The number of alkyl halides is 3. The molecule has 0 unspecified atom stereocenters. The first kappa shape index (κ1) is 28.1. The normalized spacial score (nSPS) is 13.1. The largest absolute Gasteiger partial charge is 0.416 e. The van der Waals surface area contributed by atoms with Crippen molar-refractivity contribution in [2.75, 3.05) is 5.32 Å². The molecule has 0 bridgehead atoms. The number of nitrogens with one attached hydrogen (secondary N) is 1. The maximum absolute atomic E-state index is 13.0. The van der Waals surface area contributed by atoms with E-state index in [9.17, 15) is 30.0 Å². The number of hydrogen-bond acceptors (Lipinski definition) is 8. The first-order valence-corrected chi connectivity index (χ1v) is 14.6. The summed E-state index contributed by atoms with van der Waals surface area (Å²) in [6, 6.07) is 7.13. The van der Waals surface area contributed by atoms with E-state index in [1.165, 1.54) is 24.3 Å². The van der Waals surface area contributed by atoms with Gasteiger partial charge in [-0.05, 0) is 42.3 Å². The zero-order valence-electron chi connectivity index (χ0n) is 17.9. The van der Waals surface area contributed by atoms with Crippen molar-refractivity contribution < 1.29 is 30.0 Å². The van der Waals surface area contributed by atoms with E-state index in [0.717, 1.165) is 23.9 Å². The van der Waals surface area contributed by atoms with Crippen LogP contribution in [0.3, 0.4) is 0 Å². The van der Waals surface area contributed by atoms with Crippen LogP contribution in [-0.4, -0.2) is 33.0 Å². The van der Waals surface area contributed by atoms with Gasteiger partial charge in [-0.3, -0.25) is 0 Å². The Balaban J connectivity index is 1.86. The first-order valence-electron chi connectivity index (χ1n) is 9.39. The van der Waals surface area contributed by atoms with E-state index in [0.29, 0.717) is 22.5 Å². The van der Waals surface area contributed by atoms with Crippen LogP contribution >= 0.6 is 34.7 Å². The molecule has 18 heteroatoms. The molecule has 3 aromatic rings. The average molecular weight is 601 g/mol. The van der Waals surface area contributed by atoms with Crippen LogP contribution in [0.4, 0.5) is 18.3 Å². The summed E-state index contributed by atoms with van der Waals surface area (Å²) in [4.78, 5) is -0.0528. The summed E-state index contributed by atoms with van der Waals surface area (Å²) < 4.78 is 90.0. The molecule has 10 nitrogen and oxygen atoms in total. The molecule has 194 valence electrons. The first-order chi connectivity index (χ1) is 16.6. The van der Waals surface area contributed by atoms with Crippen LogP contribution in [0.25, 0.3) is 0 Å². The second-order valence-corrected chi connectivity index (χ2v) is 12.7. The lowest BCUT2D eigenvalue weighted by Gasteiger charge is -2.12. The molecular weight excluding hydrogens is 585 g/mol. The van der Waals surface area contributed by atoms with Crippen molar-refractivity contribution >= 4 is 65.8 Å². The van der Waals surface area contributed by atoms with Crippen LogP contribution in [-0.2, 0) is 32.0 Å². The number of halogens is 4. The number of hydrogen-bond donors (Lipinski definition) is 3. The quantitative estimate of drug-likeness (QED) is 0.208. The summed E-state index contributed by atoms with van der Waals surface area (Å²) in [5, 5.41) is 14.2. The Morgan fingerprint density at radius 1 is 1.17 bits per heavy atom. The Labute approximate surface area is 217 Å². The van der Waals surface area contributed by atoms with Crippen molar-refractivity contribution in [2.24, 2.45) is 15.3 Å². The Morgan fingerprint density at radius 3 is 2.36 bits per heavy atom. The molecule has 1 aromatic heterocycles. The molecule has 0 saturated carbocycles. The third-order valence-corrected chi connectivity index (χ3v) is 9.42. The Kier molecular flexibility index (Phi) is 8.21. The highest BCUT2D eigenvalue weighted by Gasteiger charge is 2.30. The molecular formula is C18H16ClF3N6O4S4. The highest BCUT2D eigenvalue weighted by Crippen LogP contribution is 2.35. The fourth-order valence-corrected chi connectivity index (χ4v) is 6.61. The fourth-order valence-electron chi connectivity index (χ4n) is 2.59. The topological polar surface area (TPSA) is 170 Å². The molecule has 2 aromatic carbocycles. The average Bonchev–Trinajstić information content (AvgIpc) is 3.22. The Hall–Kier alpha value is -2.44. The van der Waals surface area contributed by atoms with Crippen LogP contribution in [0.2, 0.25) is 5.02 Å². The van der Waals surface area contributed by atoms with Gasteiger partial charge in [-0.1, -0.05) is 35.1 Å². The van der Waals surface area contributed by atoms with Gasteiger partial charge in [0.2, 0.25) is 15.4 Å². The van der Waals surface area contributed by atoms with Crippen LogP contribution in [0.15, 0.2) is 54.9 Å². The number of benzene rings is 2. The van der Waals surface area contributed by atoms with Crippen LogP contribution in [0.1, 0.15) is 16.7 Å². The Morgan fingerprint density at radius 2 is 1.81 bits per heavy atom. The standard InChI is InChI=1S/C18H16ClF3N6O4S4/c1-9-6-14(36(31,32)28-15(23)25-16-26-27-17(34-16)35(24,29)30)13(7-12(9)19)33-8-10-2-4-11(5-3-10)18(20,21)22/h2-7H,8H2,1H3,(H2,24,29,30)(H3,23,25,26,28). The van der Waals surface area contributed by atoms with Gasteiger partial charge in [0.1, 0.15) is 4.90 Å². The van der Waals surface area contributed by atoms with Gasteiger partial charge >= 0.3 is 6.18 Å². The fraction of sp³-hybridized carbons (Fsp3) is 0.167. The highest BCUT2D eigenvalue weighted by atomic mass is 35.5. The zero-order chi connectivity index (χ0) is 26.9. The van der Waals surface area contributed by atoms with Crippen molar-refractivity contribution in [3.8, 4) is 0 Å². The lowest BCUT2D eigenvalue weighted by Crippen LogP contribution is -2.24. The van der Waals surface area contributed by atoms with Crippen LogP contribution in [0, 0.1) is 6.92 Å². The summed E-state index contributed by atoms with van der Waals surface area (Å²) in [5.74, 6) is -0.489. The van der Waals surface area contributed by atoms with Gasteiger partial charge in [-0.25, -0.2) is 13.6 Å². The summed E-state index contributed by atoms with van der Waals surface area (Å²) in [5.41, 5.74) is 5.81. The number of nitrogens with zero attached hydrogens (tertiary/aromatic N) is 3. The lowest BCUT2D eigenvalue weighted by atomic mass is 10.1. The third-order valence-electron chi connectivity index (χ3n) is 4.28. The van der Waals surface area contributed by atoms with Crippen molar-refractivity contribution in [3.05, 3.63) is 58.1 Å². The number of aromatic nitrogens is 2. The van der Waals surface area contributed by atoms with Crippen LogP contribution in [0.5, 0.6) is 0 Å². The minimum Gasteiger partial charge on any atom is -0.369 e. The van der Waals surface area contributed by atoms with Crippen molar-refractivity contribution in [1.29, 1.82) is 0 Å². The number of sulfonamides is 2. The number of guanidine groups is 1. The van der Waals surface area contributed by atoms with Crippen molar-refractivity contribution in [3.63, 3.8) is 0 Å². The molecule has 0 atom stereocenters. The lowest BCUT2D eigenvalue weighted by molar-refractivity contribution is -0.137. The molecule has 36 heavy (non-hydrogen) atoms. The van der Waals surface area contributed by atoms with Gasteiger partial charge in [-0.2, -0.15) is 21.6 Å². The summed E-state index contributed by atoms with van der Waals surface area (Å²) in [7, 11) is -8.53. The van der Waals surface area contributed by atoms with Crippen molar-refractivity contribution in [1.82, 2.24) is 10.2 Å². The third kappa shape index (κ3) is 7.07.